The summed E-state index contributed by atoms with van der Waals surface area (Å²) < 4.78 is 5.57. The van der Waals surface area contributed by atoms with Crippen LogP contribution in [0.2, 0.25) is 5.02 Å². The Morgan fingerprint density at radius 3 is 2.63 bits per heavy atom. The maximum absolute atomic E-state index is 12.6. The van der Waals surface area contributed by atoms with Crippen LogP contribution in [0.4, 0.5) is 0 Å². The van der Waals surface area contributed by atoms with Gasteiger partial charge in [-0.25, -0.2) is 0 Å². The van der Waals surface area contributed by atoms with E-state index in [9.17, 15) is 9.59 Å². The van der Waals surface area contributed by atoms with Gasteiger partial charge in [0.25, 0.3) is 5.91 Å². The minimum atomic E-state index is -0.0213. The van der Waals surface area contributed by atoms with Crippen molar-refractivity contribution in [1.82, 2.24) is 15.2 Å². The third kappa shape index (κ3) is 4.75. The smallest absolute Gasteiger partial charge is 0.260 e. The van der Waals surface area contributed by atoms with Crippen molar-refractivity contribution in [2.75, 3.05) is 19.7 Å². The molecule has 1 spiro atoms. The second-order valence-electron chi connectivity index (χ2n) is 8.23. The van der Waals surface area contributed by atoms with Gasteiger partial charge in [0.15, 0.2) is 6.61 Å². The number of aromatic nitrogens is 1. The fourth-order valence-corrected chi connectivity index (χ4v) is 4.36. The molecule has 2 heterocycles. The lowest BCUT2D eigenvalue weighted by Gasteiger charge is -2.32. The molecule has 1 aliphatic heterocycles. The number of rotatable bonds is 6. The molecule has 30 heavy (non-hydrogen) atoms. The number of aryl methyl sites for hydroxylation is 1. The molecular weight excluding hydrogens is 402 g/mol. The number of hydrogen-bond donors (Lipinski definition) is 1. The largest absolute Gasteiger partial charge is 0.484 e. The van der Waals surface area contributed by atoms with Crippen molar-refractivity contribution in [3.8, 4) is 5.75 Å². The quantitative estimate of drug-likeness (QED) is 0.767. The first kappa shape index (κ1) is 20.7. The fraction of sp³-hybridized carbons (Fsp3) is 0.435. The molecule has 1 aliphatic carbocycles. The maximum atomic E-state index is 12.6. The van der Waals surface area contributed by atoms with Crippen molar-refractivity contribution in [3.63, 3.8) is 0 Å². The molecule has 2 amide bonds. The Labute approximate surface area is 181 Å². The topological polar surface area (TPSA) is 71.5 Å². The van der Waals surface area contributed by atoms with E-state index < -0.39 is 0 Å². The number of piperidine rings is 1. The van der Waals surface area contributed by atoms with Gasteiger partial charge in [-0.05, 0) is 68.0 Å². The van der Waals surface area contributed by atoms with Crippen LogP contribution in [0, 0.1) is 18.3 Å². The summed E-state index contributed by atoms with van der Waals surface area (Å²) in [5, 5.41) is 3.66. The minimum absolute atomic E-state index is 0.0159. The second-order valence-corrected chi connectivity index (χ2v) is 8.67. The zero-order chi connectivity index (χ0) is 21.1. The SMILES string of the molecule is Cc1cccc(CNC(=O)[C@@H]2CC23CCN(C(=O)COc2ccc(Cl)cc2)CC3)n1. The standard InChI is InChI=1S/C23H26ClN3O3/c1-16-3-2-4-18(26-16)14-25-22(29)20-13-23(20)9-11-27(12-10-23)21(28)15-30-19-7-5-17(24)6-8-19/h2-8,20H,9-15H2,1H3,(H,25,29)/t20-/m0/s1. The molecule has 1 saturated carbocycles. The number of likely N-dealkylation sites (tertiary alicyclic amines) is 1. The lowest BCUT2D eigenvalue weighted by atomic mass is 9.90. The monoisotopic (exact) mass is 427 g/mol. The lowest BCUT2D eigenvalue weighted by Crippen LogP contribution is -2.42. The van der Waals surface area contributed by atoms with Crippen LogP contribution in [0.1, 0.15) is 30.7 Å². The molecule has 0 unspecified atom stereocenters. The molecule has 0 bridgehead atoms. The Hall–Kier alpha value is -2.60. The van der Waals surface area contributed by atoms with Crippen LogP contribution in [-0.4, -0.2) is 41.4 Å². The molecule has 0 radical (unpaired) electrons. The van der Waals surface area contributed by atoms with E-state index in [1.807, 2.05) is 30.0 Å². The van der Waals surface area contributed by atoms with Gasteiger partial charge in [0, 0.05) is 29.7 Å². The van der Waals surface area contributed by atoms with Crippen molar-refractivity contribution in [1.29, 1.82) is 0 Å². The first-order valence-electron chi connectivity index (χ1n) is 10.3. The molecule has 1 aromatic carbocycles. The molecule has 2 aliphatic rings. The van der Waals surface area contributed by atoms with Crippen molar-refractivity contribution >= 4 is 23.4 Å². The van der Waals surface area contributed by atoms with Crippen LogP contribution >= 0.6 is 11.6 Å². The van der Waals surface area contributed by atoms with E-state index in [1.54, 1.807) is 24.3 Å². The number of ether oxygens (including phenoxy) is 1. The van der Waals surface area contributed by atoms with Gasteiger partial charge in [0.1, 0.15) is 5.75 Å². The Kier molecular flexibility index (Phi) is 5.95. The van der Waals surface area contributed by atoms with Gasteiger partial charge in [0.05, 0.1) is 12.2 Å². The van der Waals surface area contributed by atoms with E-state index in [1.165, 1.54) is 0 Å². The van der Waals surface area contributed by atoms with Crippen molar-refractivity contribution in [3.05, 3.63) is 58.9 Å². The molecule has 2 fully saturated rings. The summed E-state index contributed by atoms with van der Waals surface area (Å²) in [5.74, 6) is 0.754. The predicted molar refractivity (Wildman–Crippen MR) is 114 cm³/mol. The van der Waals surface area contributed by atoms with Crippen LogP contribution in [0.15, 0.2) is 42.5 Å². The zero-order valence-electron chi connectivity index (χ0n) is 17.1. The number of carbonyl (C=O) groups excluding carboxylic acids is 2. The van der Waals surface area contributed by atoms with Gasteiger partial charge in [-0.3, -0.25) is 14.6 Å². The Morgan fingerprint density at radius 1 is 1.20 bits per heavy atom. The number of amides is 2. The number of nitrogens with zero attached hydrogens (tertiary/aromatic N) is 2. The summed E-state index contributed by atoms with van der Waals surface area (Å²) in [7, 11) is 0. The van der Waals surface area contributed by atoms with E-state index in [0.717, 1.165) is 30.7 Å². The van der Waals surface area contributed by atoms with Gasteiger partial charge < -0.3 is 15.0 Å². The predicted octanol–water partition coefficient (Wildman–Crippen LogP) is 3.37. The highest BCUT2D eigenvalue weighted by molar-refractivity contribution is 6.30. The van der Waals surface area contributed by atoms with Crippen molar-refractivity contribution < 1.29 is 14.3 Å². The maximum Gasteiger partial charge on any atom is 0.260 e. The van der Waals surface area contributed by atoms with E-state index in [-0.39, 0.29) is 29.8 Å². The van der Waals surface area contributed by atoms with Gasteiger partial charge >= 0.3 is 0 Å². The fourth-order valence-electron chi connectivity index (χ4n) is 4.24. The molecule has 7 heteroatoms. The van der Waals surface area contributed by atoms with Gasteiger partial charge in [-0.15, -0.1) is 0 Å². The van der Waals surface area contributed by atoms with Gasteiger partial charge in [-0.2, -0.15) is 0 Å². The first-order valence-corrected chi connectivity index (χ1v) is 10.7. The van der Waals surface area contributed by atoms with Gasteiger partial charge in [-0.1, -0.05) is 17.7 Å². The van der Waals surface area contributed by atoms with Crippen LogP contribution in [0.5, 0.6) is 5.75 Å². The first-order chi connectivity index (χ1) is 14.4. The molecule has 1 N–H and O–H groups in total. The van der Waals surface area contributed by atoms with Gasteiger partial charge in [0.2, 0.25) is 5.91 Å². The molecule has 1 atom stereocenters. The van der Waals surface area contributed by atoms with Crippen LogP contribution in [0.3, 0.4) is 0 Å². The second kappa shape index (κ2) is 8.64. The third-order valence-corrected chi connectivity index (χ3v) is 6.44. The molecule has 1 aromatic heterocycles. The number of hydrogen-bond acceptors (Lipinski definition) is 4. The molecule has 158 valence electrons. The molecule has 6 nitrogen and oxygen atoms in total. The van der Waals surface area contributed by atoms with E-state index >= 15 is 0 Å². The molecule has 4 rings (SSSR count). The van der Waals surface area contributed by atoms with Crippen LogP contribution in [0.25, 0.3) is 0 Å². The Balaban J connectivity index is 1.21. The summed E-state index contributed by atoms with van der Waals surface area (Å²) in [4.78, 5) is 31.3. The number of pyridine rings is 1. The van der Waals surface area contributed by atoms with Crippen molar-refractivity contribution in [2.24, 2.45) is 11.3 Å². The third-order valence-electron chi connectivity index (χ3n) is 6.18. The van der Waals surface area contributed by atoms with E-state index in [2.05, 4.69) is 10.3 Å². The summed E-state index contributed by atoms with van der Waals surface area (Å²) in [6.45, 7) is 3.76. The average molecular weight is 428 g/mol. The molecule has 2 aromatic rings. The zero-order valence-corrected chi connectivity index (χ0v) is 17.8. The molecular formula is C23H26ClN3O3. The minimum Gasteiger partial charge on any atom is -0.484 e. The van der Waals surface area contributed by atoms with Crippen LogP contribution in [-0.2, 0) is 16.1 Å². The summed E-state index contributed by atoms with van der Waals surface area (Å²) in [6.07, 6.45) is 2.63. The highest BCUT2D eigenvalue weighted by Gasteiger charge is 2.58. The van der Waals surface area contributed by atoms with E-state index in [0.29, 0.717) is 30.4 Å². The molecule has 1 saturated heterocycles. The van der Waals surface area contributed by atoms with Crippen LogP contribution < -0.4 is 10.1 Å². The highest BCUT2D eigenvalue weighted by Crippen LogP contribution is 2.59. The summed E-state index contributed by atoms with van der Waals surface area (Å²) >= 11 is 5.86. The highest BCUT2D eigenvalue weighted by atomic mass is 35.5. The number of nitrogens with one attached hydrogen (secondary N) is 1. The number of halogens is 1. The Bertz CT molecular complexity index is 924. The number of benzene rings is 1. The van der Waals surface area contributed by atoms with Crippen molar-refractivity contribution in [2.45, 2.75) is 32.7 Å². The lowest BCUT2D eigenvalue weighted by molar-refractivity contribution is -0.135. The summed E-state index contributed by atoms with van der Waals surface area (Å²) in [6, 6.07) is 12.8. The number of carbonyl (C=O) groups is 2. The Morgan fingerprint density at radius 2 is 1.93 bits per heavy atom. The average Bonchev–Trinajstić information content (AvgIpc) is 3.45. The summed E-state index contributed by atoms with van der Waals surface area (Å²) in [5.41, 5.74) is 1.87. The van der Waals surface area contributed by atoms with E-state index in [4.69, 9.17) is 16.3 Å². The normalized spacial score (nSPS) is 19.4.